The zero-order valence-electron chi connectivity index (χ0n) is 38.0. The van der Waals surface area contributed by atoms with Gasteiger partial charge in [0.15, 0.2) is 0 Å². The molecule has 2 aliphatic rings. The van der Waals surface area contributed by atoms with Crippen LogP contribution in [0.2, 0.25) is 0 Å². The van der Waals surface area contributed by atoms with Gasteiger partial charge in [-0.05, 0) is 151 Å². The average molecular weight is 879 g/mol. The summed E-state index contributed by atoms with van der Waals surface area (Å²) in [5, 5.41) is 0. The first-order valence-corrected chi connectivity index (χ1v) is 23.8. The normalized spacial score (nSPS) is 13.9. The van der Waals surface area contributed by atoms with E-state index in [1.165, 1.54) is 77.9 Å². The van der Waals surface area contributed by atoms with Crippen molar-refractivity contribution in [2.75, 3.05) is 9.80 Å². The zero-order chi connectivity index (χ0) is 45.7. The van der Waals surface area contributed by atoms with Crippen LogP contribution < -0.4 is 9.80 Å². The van der Waals surface area contributed by atoms with Gasteiger partial charge in [0, 0.05) is 34.1 Å². The molecule has 2 nitrogen and oxygen atoms in total. The molecule has 69 heavy (non-hydrogen) atoms. The third kappa shape index (κ3) is 6.56. The third-order valence-corrected chi connectivity index (χ3v) is 14.3. The Hall–Kier alpha value is -8.98. The number of para-hydroxylation sites is 3. The van der Waals surface area contributed by atoms with Crippen molar-refractivity contribution in [1.29, 1.82) is 0 Å². The summed E-state index contributed by atoms with van der Waals surface area (Å²) >= 11 is 0. The summed E-state index contributed by atoms with van der Waals surface area (Å²) in [5.41, 5.74) is 24.0. The lowest BCUT2D eigenvalue weighted by molar-refractivity contribution is 0.794. The molecule has 0 saturated heterocycles. The quantitative estimate of drug-likeness (QED) is 0.143. The van der Waals surface area contributed by atoms with Crippen LogP contribution >= 0.6 is 0 Å². The molecule has 0 heterocycles. The molecule has 11 aromatic rings. The molecule has 0 N–H and O–H groups in total. The SMILES string of the molecule is c1ccc(-c2ccc(N(c3ccccc3)c3ccc(-c4cccc5c4-c4ccccc4C54c5ccccc5-c5c(-c6ccc(N(c7ccccc7)c7ccccc7)cc6)cccc54)cc3)cc2)cc1. The molecule has 0 bridgehead atoms. The Kier molecular flexibility index (Phi) is 9.77. The van der Waals surface area contributed by atoms with Crippen molar-refractivity contribution in [2.45, 2.75) is 5.41 Å². The summed E-state index contributed by atoms with van der Waals surface area (Å²) in [7, 11) is 0. The summed E-state index contributed by atoms with van der Waals surface area (Å²) in [6, 6.07) is 102. The molecule has 1 atom stereocenters. The van der Waals surface area contributed by atoms with E-state index in [2.05, 4.69) is 289 Å². The second-order valence-corrected chi connectivity index (χ2v) is 18.0. The first kappa shape index (κ1) is 40.3. The van der Waals surface area contributed by atoms with Crippen molar-refractivity contribution in [1.82, 2.24) is 0 Å². The van der Waals surface area contributed by atoms with Crippen LogP contribution in [0.1, 0.15) is 22.3 Å². The van der Waals surface area contributed by atoms with Crippen molar-refractivity contribution < 1.29 is 0 Å². The van der Waals surface area contributed by atoms with E-state index in [9.17, 15) is 0 Å². The summed E-state index contributed by atoms with van der Waals surface area (Å²) in [5.74, 6) is 0. The van der Waals surface area contributed by atoms with E-state index in [4.69, 9.17) is 0 Å². The fourth-order valence-electron chi connectivity index (χ4n) is 11.4. The van der Waals surface area contributed by atoms with Crippen molar-refractivity contribution in [3.8, 4) is 55.6 Å². The van der Waals surface area contributed by atoms with Crippen LogP contribution in [-0.4, -0.2) is 0 Å². The minimum atomic E-state index is -0.489. The van der Waals surface area contributed by atoms with Gasteiger partial charge >= 0.3 is 0 Å². The molecule has 13 rings (SSSR count). The molecule has 0 radical (unpaired) electrons. The molecular formula is C67H46N2. The van der Waals surface area contributed by atoms with Gasteiger partial charge in [-0.3, -0.25) is 0 Å². The largest absolute Gasteiger partial charge is 0.311 e. The van der Waals surface area contributed by atoms with E-state index in [1.54, 1.807) is 0 Å². The van der Waals surface area contributed by atoms with Gasteiger partial charge in [0.25, 0.3) is 0 Å². The molecule has 324 valence electrons. The molecule has 0 fully saturated rings. The van der Waals surface area contributed by atoms with E-state index >= 15 is 0 Å². The predicted molar refractivity (Wildman–Crippen MR) is 288 cm³/mol. The topological polar surface area (TPSA) is 6.48 Å². The van der Waals surface area contributed by atoms with Gasteiger partial charge < -0.3 is 9.80 Å². The van der Waals surface area contributed by atoms with Crippen LogP contribution in [0, 0.1) is 0 Å². The molecule has 0 saturated carbocycles. The number of anilines is 6. The Morgan fingerprint density at radius 1 is 0.188 bits per heavy atom. The van der Waals surface area contributed by atoms with Gasteiger partial charge in [0.1, 0.15) is 0 Å². The van der Waals surface area contributed by atoms with Crippen LogP contribution in [0.15, 0.2) is 279 Å². The van der Waals surface area contributed by atoms with E-state index in [1.807, 2.05) is 0 Å². The maximum Gasteiger partial charge on any atom is 0.0725 e. The number of benzene rings is 11. The maximum absolute atomic E-state index is 2.39. The van der Waals surface area contributed by atoms with Gasteiger partial charge in [0.2, 0.25) is 0 Å². The van der Waals surface area contributed by atoms with Crippen molar-refractivity contribution in [3.05, 3.63) is 301 Å². The highest BCUT2D eigenvalue weighted by Gasteiger charge is 2.52. The first-order chi connectivity index (χ1) is 34.3. The van der Waals surface area contributed by atoms with Crippen LogP contribution in [0.25, 0.3) is 55.6 Å². The number of nitrogens with zero attached hydrogens (tertiary/aromatic N) is 2. The van der Waals surface area contributed by atoms with E-state index in [0.29, 0.717) is 0 Å². The fraction of sp³-hybridized carbons (Fsp3) is 0.0149. The van der Waals surface area contributed by atoms with Gasteiger partial charge in [-0.15, -0.1) is 0 Å². The van der Waals surface area contributed by atoms with E-state index in [0.717, 1.165) is 34.1 Å². The summed E-state index contributed by atoms with van der Waals surface area (Å²) in [6.45, 7) is 0. The molecule has 0 aliphatic heterocycles. The maximum atomic E-state index is 2.39. The van der Waals surface area contributed by atoms with Crippen LogP contribution in [0.5, 0.6) is 0 Å². The van der Waals surface area contributed by atoms with E-state index < -0.39 is 5.41 Å². The van der Waals surface area contributed by atoms with Gasteiger partial charge in [-0.1, -0.05) is 206 Å². The standard InChI is InChI=1S/C67H46N2/c1-5-19-47(20-6-1)48-35-41-54(42-36-48)69(53-25-11-4-12-26-53)56-45-39-50(40-46-56)58-30-18-34-64-66(58)60-28-14-16-32-62(60)67(64)61-31-15-13-27-59(61)65-57(29-17-33-63(65)67)49-37-43-55(44-38-49)68(51-21-7-2-8-22-51)52-23-9-3-10-24-52/h1-46H. The van der Waals surface area contributed by atoms with E-state index in [-0.39, 0.29) is 0 Å². The smallest absolute Gasteiger partial charge is 0.0725 e. The monoisotopic (exact) mass is 878 g/mol. The lowest BCUT2D eigenvalue weighted by Gasteiger charge is -2.30. The first-order valence-electron chi connectivity index (χ1n) is 23.8. The highest BCUT2D eigenvalue weighted by molar-refractivity contribution is 6.03. The molecule has 11 aromatic carbocycles. The van der Waals surface area contributed by atoms with Gasteiger partial charge in [-0.25, -0.2) is 0 Å². The molecule has 0 aromatic heterocycles. The Morgan fingerprint density at radius 2 is 0.464 bits per heavy atom. The van der Waals surface area contributed by atoms with Crippen molar-refractivity contribution in [3.63, 3.8) is 0 Å². The second-order valence-electron chi connectivity index (χ2n) is 18.0. The molecule has 0 amide bonds. The minimum Gasteiger partial charge on any atom is -0.311 e. The molecule has 2 heteroatoms. The predicted octanol–water partition coefficient (Wildman–Crippen LogP) is 18.0. The summed E-state index contributed by atoms with van der Waals surface area (Å²) < 4.78 is 0. The number of hydrogen-bond donors (Lipinski definition) is 0. The number of fused-ring (bicyclic) bond motifs is 10. The highest BCUT2D eigenvalue weighted by Crippen LogP contribution is 2.65. The number of hydrogen-bond acceptors (Lipinski definition) is 2. The summed E-state index contributed by atoms with van der Waals surface area (Å²) in [4.78, 5) is 4.67. The second kappa shape index (κ2) is 16.7. The van der Waals surface area contributed by atoms with Crippen LogP contribution in [0.3, 0.4) is 0 Å². The Balaban J connectivity index is 0.918. The fourth-order valence-corrected chi connectivity index (χ4v) is 11.4. The average Bonchev–Trinajstić information content (AvgIpc) is 3.91. The third-order valence-electron chi connectivity index (χ3n) is 14.3. The van der Waals surface area contributed by atoms with Gasteiger partial charge in [0.05, 0.1) is 5.41 Å². The lowest BCUT2D eigenvalue weighted by atomic mass is 9.70. The highest BCUT2D eigenvalue weighted by atomic mass is 15.1. The van der Waals surface area contributed by atoms with Crippen molar-refractivity contribution >= 4 is 34.1 Å². The molecule has 2 aliphatic carbocycles. The number of rotatable bonds is 9. The zero-order valence-corrected chi connectivity index (χ0v) is 38.0. The Morgan fingerprint density at radius 3 is 0.855 bits per heavy atom. The summed E-state index contributed by atoms with van der Waals surface area (Å²) in [6.07, 6.45) is 0. The Bertz CT molecular complexity index is 3580. The minimum absolute atomic E-state index is 0.489. The molecule has 1 spiro atoms. The molecular weight excluding hydrogens is 833 g/mol. The Labute approximate surface area is 404 Å². The van der Waals surface area contributed by atoms with Gasteiger partial charge in [-0.2, -0.15) is 0 Å². The van der Waals surface area contributed by atoms with Crippen LogP contribution in [0.4, 0.5) is 34.1 Å². The molecule has 1 unspecified atom stereocenters. The van der Waals surface area contributed by atoms with Crippen LogP contribution in [-0.2, 0) is 5.41 Å². The lowest BCUT2D eigenvalue weighted by Crippen LogP contribution is -2.25. The van der Waals surface area contributed by atoms with Crippen molar-refractivity contribution in [2.24, 2.45) is 0 Å².